The van der Waals surface area contributed by atoms with E-state index in [9.17, 15) is 18.4 Å². The Bertz CT molecular complexity index is 1330. The molecule has 0 aromatic carbocycles. The Morgan fingerprint density at radius 2 is 2.00 bits per heavy atom. The van der Waals surface area contributed by atoms with E-state index in [1.807, 2.05) is 11.0 Å². The Morgan fingerprint density at radius 1 is 1.26 bits per heavy atom. The highest BCUT2D eigenvalue weighted by Gasteiger charge is 2.48. The summed E-state index contributed by atoms with van der Waals surface area (Å²) in [5, 5.41) is 9.73. The van der Waals surface area contributed by atoms with Crippen molar-refractivity contribution in [3.63, 3.8) is 0 Å². The minimum Gasteiger partial charge on any atom is -0.381 e. The molecule has 35 heavy (non-hydrogen) atoms. The van der Waals surface area contributed by atoms with Crippen LogP contribution in [0.15, 0.2) is 28.3 Å². The van der Waals surface area contributed by atoms with E-state index in [0.717, 1.165) is 36.0 Å². The molecule has 1 aliphatic carbocycles. The van der Waals surface area contributed by atoms with Crippen LogP contribution in [-0.4, -0.2) is 33.0 Å². The van der Waals surface area contributed by atoms with Crippen molar-refractivity contribution in [3.05, 3.63) is 44.8 Å². The molecule has 0 amide bonds. The first-order valence-corrected chi connectivity index (χ1v) is 12.6. The third kappa shape index (κ3) is 4.29. The number of anilines is 2. The van der Waals surface area contributed by atoms with Crippen LogP contribution in [0.1, 0.15) is 40.8 Å². The second kappa shape index (κ2) is 8.77. The van der Waals surface area contributed by atoms with Gasteiger partial charge < -0.3 is 16.4 Å². The predicted octanol–water partition coefficient (Wildman–Crippen LogP) is 4.45. The van der Waals surface area contributed by atoms with E-state index >= 15 is 0 Å². The van der Waals surface area contributed by atoms with Crippen molar-refractivity contribution in [2.45, 2.75) is 41.4 Å². The highest BCUT2D eigenvalue weighted by atomic mass is 35.5. The summed E-state index contributed by atoms with van der Waals surface area (Å²) in [4.78, 5) is 19.3. The van der Waals surface area contributed by atoms with Gasteiger partial charge in [-0.25, -0.2) is 15.0 Å². The summed E-state index contributed by atoms with van der Waals surface area (Å²) >= 11 is 8.18. The van der Waals surface area contributed by atoms with E-state index in [0.29, 0.717) is 35.1 Å². The summed E-state index contributed by atoms with van der Waals surface area (Å²) in [6.07, 6.45) is -1.26. The first kappa shape index (κ1) is 24.1. The third-order valence-corrected chi connectivity index (χ3v) is 8.67. The lowest BCUT2D eigenvalue weighted by atomic mass is 9.73. The number of fused-ring (bicyclic) bond motifs is 1. The smallest absolute Gasteiger partial charge is 0.381 e. The van der Waals surface area contributed by atoms with Gasteiger partial charge in [0.25, 0.3) is 0 Å². The van der Waals surface area contributed by atoms with E-state index < -0.39 is 11.9 Å². The predicted molar refractivity (Wildman–Crippen MR) is 126 cm³/mol. The lowest BCUT2D eigenvalue weighted by Crippen LogP contribution is -2.45. The molecule has 1 aliphatic heterocycles. The molecule has 0 unspecified atom stereocenters. The average molecular weight is 539 g/mol. The van der Waals surface area contributed by atoms with E-state index in [-0.39, 0.29) is 32.9 Å². The highest BCUT2D eigenvalue weighted by molar-refractivity contribution is 7.99. The zero-order valence-electron chi connectivity index (χ0n) is 18.0. The van der Waals surface area contributed by atoms with Crippen molar-refractivity contribution in [1.82, 2.24) is 19.9 Å². The molecule has 3 aromatic rings. The fourth-order valence-corrected chi connectivity index (χ4v) is 6.92. The second-order valence-electron chi connectivity index (χ2n) is 8.43. The summed E-state index contributed by atoms with van der Waals surface area (Å²) in [5.41, 5.74) is 12.3. The number of hydrogen-bond acceptors (Lipinski definition) is 10. The van der Waals surface area contributed by atoms with Crippen molar-refractivity contribution in [1.29, 1.82) is 5.26 Å². The lowest BCUT2D eigenvalue weighted by molar-refractivity contribution is -0.143. The zero-order valence-corrected chi connectivity index (χ0v) is 20.4. The number of nitriles is 1. The molecular formula is C21H18ClF3N8S2. The molecule has 3 aromatic heterocycles. The van der Waals surface area contributed by atoms with Crippen molar-refractivity contribution in [3.8, 4) is 6.07 Å². The summed E-state index contributed by atoms with van der Waals surface area (Å²) in [7, 11) is 0. The van der Waals surface area contributed by atoms with Crippen LogP contribution >= 0.6 is 34.7 Å². The van der Waals surface area contributed by atoms with Gasteiger partial charge in [-0.15, -0.1) is 11.3 Å². The van der Waals surface area contributed by atoms with Crippen LogP contribution in [0.3, 0.4) is 0 Å². The number of nitrogens with zero attached hydrogens (tertiary/aromatic N) is 6. The Labute approximate surface area is 211 Å². The number of alkyl halides is 3. The highest BCUT2D eigenvalue weighted by Crippen LogP contribution is 2.53. The van der Waals surface area contributed by atoms with Crippen LogP contribution in [0.4, 0.5) is 24.8 Å². The molecule has 0 bridgehead atoms. The third-order valence-electron chi connectivity index (χ3n) is 6.45. The van der Waals surface area contributed by atoms with Gasteiger partial charge in [0.15, 0.2) is 27.5 Å². The molecule has 4 heterocycles. The summed E-state index contributed by atoms with van der Waals surface area (Å²) in [6, 6.07) is 4.46. The fraction of sp³-hybridized carbons (Fsp3) is 0.381. The minimum atomic E-state index is -4.64. The van der Waals surface area contributed by atoms with E-state index in [1.165, 1.54) is 23.5 Å². The average Bonchev–Trinajstić information content (AvgIpc) is 3.29. The van der Waals surface area contributed by atoms with E-state index in [1.54, 1.807) is 0 Å². The molecule has 4 N–H and O–H groups in total. The summed E-state index contributed by atoms with van der Waals surface area (Å²) in [6.45, 7) is 1.15. The normalized spacial score (nSPS) is 19.1. The van der Waals surface area contributed by atoms with Gasteiger partial charge in [-0.2, -0.15) is 18.4 Å². The van der Waals surface area contributed by atoms with Crippen molar-refractivity contribution < 1.29 is 13.2 Å². The molecule has 5 rings (SSSR count). The summed E-state index contributed by atoms with van der Waals surface area (Å²) in [5.74, 6) is 0.258. The van der Waals surface area contributed by atoms with Crippen LogP contribution in [0, 0.1) is 16.7 Å². The van der Waals surface area contributed by atoms with E-state index in [2.05, 4.69) is 19.9 Å². The molecule has 0 radical (unpaired) electrons. The maximum absolute atomic E-state index is 13.3. The lowest BCUT2D eigenvalue weighted by Gasteiger charge is -2.42. The number of pyridine rings is 1. The fourth-order valence-electron chi connectivity index (χ4n) is 4.66. The van der Waals surface area contributed by atoms with Gasteiger partial charge in [0.05, 0.1) is 11.7 Å². The number of halogens is 4. The van der Waals surface area contributed by atoms with Gasteiger partial charge in [0.2, 0.25) is 0 Å². The molecule has 8 nitrogen and oxygen atoms in total. The minimum absolute atomic E-state index is 0.00150. The molecule has 1 atom stereocenters. The van der Waals surface area contributed by atoms with Gasteiger partial charge in [-0.1, -0.05) is 23.4 Å². The summed E-state index contributed by atoms with van der Waals surface area (Å²) < 4.78 is 40.5. The zero-order chi connectivity index (χ0) is 25.0. The Morgan fingerprint density at radius 3 is 2.66 bits per heavy atom. The monoisotopic (exact) mass is 538 g/mol. The molecule has 14 heteroatoms. The molecule has 2 aliphatic rings. The van der Waals surface area contributed by atoms with Crippen LogP contribution in [0.25, 0.3) is 0 Å². The van der Waals surface area contributed by atoms with Crippen molar-refractivity contribution in [2.75, 3.05) is 23.7 Å². The van der Waals surface area contributed by atoms with Gasteiger partial charge in [-0.05, 0) is 36.8 Å². The topological polar surface area (TPSA) is 131 Å². The number of nitrogens with two attached hydrogens (primary N) is 2. The number of aromatic nitrogens is 4. The number of piperidine rings is 1. The van der Waals surface area contributed by atoms with Crippen molar-refractivity contribution in [2.24, 2.45) is 11.1 Å². The van der Waals surface area contributed by atoms with Gasteiger partial charge in [-0.3, -0.25) is 4.98 Å². The first-order chi connectivity index (χ1) is 16.6. The number of nitrogen functional groups attached to an aromatic ring is 1. The second-order valence-corrected chi connectivity index (χ2v) is 11.1. The standard InChI is InChI=1S/C21H18ClF3N8S2/c22-19-31-13-12(35-19)8-20(14(13)27)3-6-33(7-4-20)17-10(9-26)30-18(16(28)32-17)34-11-2-1-5-29-15(11)21(23,24)25/h1-2,5,14H,3-4,6-8,27H2,(H2,28,32)/t14-/m1/s1. The number of thiazole rings is 1. The quantitative estimate of drug-likeness (QED) is 0.496. The molecule has 0 saturated carbocycles. The van der Waals surface area contributed by atoms with Gasteiger partial charge >= 0.3 is 6.18 Å². The molecule has 1 spiro atoms. The Hall–Kier alpha value is -2.66. The maximum atomic E-state index is 13.3. The Kier molecular flexibility index (Phi) is 6.03. The van der Waals surface area contributed by atoms with Gasteiger partial charge in [0, 0.05) is 29.1 Å². The number of rotatable bonds is 3. The largest absolute Gasteiger partial charge is 0.434 e. The van der Waals surface area contributed by atoms with Crippen LogP contribution in [0.2, 0.25) is 4.47 Å². The van der Waals surface area contributed by atoms with Crippen LogP contribution in [0.5, 0.6) is 0 Å². The maximum Gasteiger partial charge on any atom is 0.434 e. The van der Waals surface area contributed by atoms with Crippen LogP contribution in [-0.2, 0) is 12.6 Å². The molecule has 182 valence electrons. The molecule has 1 saturated heterocycles. The van der Waals surface area contributed by atoms with Gasteiger partial charge in [0.1, 0.15) is 11.1 Å². The van der Waals surface area contributed by atoms with Crippen molar-refractivity contribution >= 4 is 46.3 Å². The Balaban J connectivity index is 1.37. The van der Waals surface area contributed by atoms with E-state index in [4.69, 9.17) is 23.1 Å². The van der Waals surface area contributed by atoms with Crippen LogP contribution < -0.4 is 16.4 Å². The number of hydrogen-bond donors (Lipinski definition) is 2. The SMILES string of the molecule is N#Cc1nc(Sc2cccnc2C(F)(F)F)c(N)nc1N1CCC2(CC1)Cc1sc(Cl)nc1[C@H]2N. The first-order valence-electron chi connectivity index (χ1n) is 10.5. The molecular weight excluding hydrogens is 521 g/mol. The molecule has 1 fully saturated rings.